The number of nitrogens with one attached hydrogen (secondary N) is 1. The van der Waals surface area contributed by atoms with Crippen LogP contribution in [0.3, 0.4) is 0 Å². The maximum absolute atomic E-state index is 11.8. The van der Waals surface area contributed by atoms with Gasteiger partial charge in [-0.15, -0.1) is 0 Å². The van der Waals surface area contributed by atoms with Gasteiger partial charge in [-0.05, 0) is 6.92 Å². The van der Waals surface area contributed by atoms with E-state index < -0.39 is 37.3 Å². The van der Waals surface area contributed by atoms with E-state index in [4.69, 9.17) is 5.11 Å². The van der Waals surface area contributed by atoms with Gasteiger partial charge in [0, 0.05) is 11.3 Å². The summed E-state index contributed by atoms with van der Waals surface area (Å²) in [5, 5.41) is 8.59. The summed E-state index contributed by atoms with van der Waals surface area (Å²) in [4.78, 5) is 28.0. The molecule has 9 heteroatoms. The molecule has 0 amide bonds. The number of rotatable bonds is 5. The molecule has 0 fully saturated rings. The third-order valence-electron chi connectivity index (χ3n) is 2.10. The third-order valence-corrected chi connectivity index (χ3v) is 2.10. The van der Waals surface area contributed by atoms with Gasteiger partial charge in [0.2, 0.25) is 0 Å². The Morgan fingerprint density at radius 3 is 2.58 bits per heavy atom. The summed E-state index contributed by atoms with van der Waals surface area (Å²) in [6.45, 7) is -0.559. The number of alkyl halides is 3. The SMILES string of the molecule is Cc1nc(COCC(F)(F)F)[nH]c(=O)c1CC(=O)O. The van der Waals surface area contributed by atoms with E-state index in [1.165, 1.54) is 6.92 Å². The Labute approximate surface area is 105 Å². The molecule has 19 heavy (non-hydrogen) atoms. The first kappa shape index (κ1) is 15.2. The fourth-order valence-electron chi connectivity index (χ4n) is 1.36. The van der Waals surface area contributed by atoms with Crippen LogP contribution in [0.25, 0.3) is 0 Å². The monoisotopic (exact) mass is 280 g/mol. The van der Waals surface area contributed by atoms with Gasteiger partial charge in [0.25, 0.3) is 5.56 Å². The summed E-state index contributed by atoms with van der Waals surface area (Å²) in [6.07, 6.45) is -4.96. The van der Waals surface area contributed by atoms with Crippen molar-refractivity contribution in [2.24, 2.45) is 0 Å². The standard InChI is InChI=1S/C10H11F3N2O4/c1-5-6(2-8(16)17)9(18)15-7(14-5)3-19-4-10(11,12)13/h2-4H2,1H3,(H,16,17)(H,14,15,18). The van der Waals surface area contributed by atoms with Crippen molar-refractivity contribution in [2.75, 3.05) is 6.61 Å². The van der Waals surface area contributed by atoms with Crippen molar-refractivity contribution in [3.8, 4) is 0 Å². The Morgan fingerprint density at radius 1 is 1.47 bits per heavy atom. The predicted octanol–water partition coefficient (Wildman–Crippen LogP) is 0.784. The number of carboxylic acid groups (broad SMARTS) is 1. The number of hydrogen-bond donors (Lipinski definition) is 2. The smallest absolute Gasteiger partial charge is 0.411 e. The van der Waals surface area contributed by atoms with Crippen molar-refractivity contribution < 1.29 is 27.8 Å². The quantitative estimate of drug-likeness (QED) is 0.831. The molecule has 0 atom stereocenters. The van der Waals surface area contributed by atoms with Gasteiger partial charge in [0.05, 0.1) is 6.42 Å². The van der Waals surface area contributed by atoms with E-state index in [0.29, 0.717) is 0 Å². The number of aryl methyl sites for hydroxylation is 1. The molecule has 0 radical (unpaired) electrons. The van der Waals surface area contributed by atoms with Crippen molar-refractivity contribution in [3.63, 3.8) is 0 Å². The molecule has 2 N–H and O–H groups in total. The van der Waals surface area contributed by atoms with Gasteiger partial charge < -0.3 is 14.8 Å². The lowest BCUT2D eigenvalue weighted by molar-refractivity contribution is -0.177. The van der Waals surface area contributed by atoms with Crippen LogP contribution in [0.15, 0.2) is 4.79 Å². The molecule has 0 bridgehead atoms. The maximum atomic E-state index is 11.8. The van der Waals surface area contributed by atoms with Gasteiger partial charge in [-0.25, -0.2) is 4.98 Å². The number of aromatic amines is 1. The molecule has 1 aromatic rings. The maximum Gasteiger partial charge on any atom is 0.411 e. The Morgan fingerprint density at radius 2 is 2.11 bits per heavy atom. The zero-order valence-corrected chi connectivity index (χ0v) is 9.87. The number of H-pyrrole nitrogens is 1. The van der Waals surface area contributed by atoms with Crippen LogP contribution in [0.5, 0.6) is 0 Å². The van der Waals surface area contributed by atoms with E-state index in [0.717, 1.165) is 0 Å². The fourth-order valence-corrected chi connectivity index (χ4v) is 1.36. The van der Waals surface area contributed by atoms with Crippen molar-refractivity contribution in [1.82, 2.24) is 9.97 Å². The van der Waals surface area contributed by atoms with Crippen LogP contribution in [-0.2, 0) is 22.6 Å². The second kappa shape index (κ2) is 5.83. The number of aromatic nitrogens is 2. The number of hydrogen-bond acceptors (Lipinski definition) is 4. The molecule has 0 unspecified atom stereocenters. The average Bonchev–Trinajstić information content (AvgIpc) is 2.21. The van der Waals surface area contributed by atoms with Crippen LogP contribution in [0.1, 0.15) is 17.1 Å². The van der Waals surface area contributed by atoms with Crippen LogP contribution < -0.4 is 5.56 Å². The lowest BCUT2D eigenvalue weighted by Gasteiger charge is -2.08. The first-order valence-electron chi connectivity index (χ1n) is 5.14. The Hall–Kier alpha value is -1.90. The highest BCUT2D eigenvalue weighted by Crippen LogP contribution is 2.15. The van der Waals surface area contributed by atoms with E-state index in [9.17, 15) is 22.8 Å². The molecule has 1 heterocycles. The van der Waals surface area contributed by atoms with Gasteiger partial charge in [0.15, 0.2) is 0 Å². The Bertz CT molecular complexity index is 524. The number of nitrogens with zero attached hydrogens (tertiary/aromatic N) is 1. The van der Waals surface area contributed by atoms with Crippen molar-refractivity contribution in [1.29, 1.82) is 0 Å². The zero-order valence-electron chi connectivity index (χ0n) is 9.87. The van der Waals surface area contributed by atoms with Crippen LogP contribution in [0.4, 0.5) is 13.2 Å². The van der Waals surface area contributed by atoms with E-state index >= 15 is 0 Å². The molecular formula is C10H11F3N2O4. The molecular weight excluding hydrogens is 269 g/mol. The fraction of sp³-hybridized carbons (Fsp3) is 0.500. The number of ether oxygens (including phenoxy) is 1. The van der Waals surface area contributed by atoms with Crippen LogP contribution in [0.2, 0.25) is 0 Å². The van der Waals surface area contributed by atoms with E-state index in [1.807, 2.05) is 0 Å². The van der Waals surface area contributed by atoms with Crippen LogP contribution >= 0.6 is 0 Å². The van der Waals surface area contributed by atoms with E-state index in [2.05, 4.69) is 14.7 Å². The lowest BCUT2D eigenvalue weighted by atomic mass is 10.2. The lowest BCUT2D eigenvalue weighted by Crippen LogP contribution is -2.23. The number of halogens is 3. The highest BCUT2D eigenvalue weighted by Gasteiger charge is 2.27. The first-order chi connectivity index (χ1) is 8.69. The highest BCUT2D eigenvalue weighted by atomic mass is 19.4. The molecule has 0 saturated heterocycles. The summed E-state index contributed by atoms with van der Waals surface area (Å²) in [5.74, 6) is -1.28. The third kappa shape index (κ3) is 5.08. The Kier molecular flexibility index (Phi) is 4.65. The van der Waals surface area contributed by atoms with Crippen LogP contribution in [0, 0.1) is 6.92 Å². The number of aliphatic carboxylic acids is 1. The summed E-state index contributed by atoms with van der Waals surface area (Å²) < 4.78 is 39.9. The second-order valence-corrected chi connectivity index (χ2v) is 3.76. The molecule has 6 nitrogen and oxygen atoms in total. The summed E-state index contributed by atoms with van der Waals surface area (Å²) in [5.41, 5.74) is -0.579. The van der Waals surface area contributed by atoms with E-state index in [1.54, 1.807) is 0 Å². The molecule has 0 aliphatic heterocycles. The van der Waals surface area contributed by atoms with Crippen molar-refractivity contribution in [2.45, 2.75) is 26.1 Å². The Balaban J connectivity index is 2.78. The van der Waals surface area contributed by atoms with E-state index in [-0.39, 0.29) is 17.1 Å². The molecule has 106 valence electrons. The first-order valence-corrected chi connectivity index (χ1v) is 5.14. The van der Waals surface area contributed by atoms with Crippen molar-refractivity contribution in [3.05, 3.63) is 27.4 Å². The molecule has 0 aliphatic rings. The summed E-state index contributed by atoms with van der Waals surface area (Å²) >= 11 is 0. The molecule has 0 aliphatic carbocycles. The minimum Gasteiger partial charge on any atom is -0.481 e. The molecule has 1 rings (SSSR count). The molecule has 0 spiro atoms. The minimum atomic E-state index is -4.46. The number of carbonyl (C=O) groups is 1. The molecule has 0 aromatic carbocycles. The molecule has 1 aromatic heterocycles. The van der Waals surface area contributed by atoms with Gasteiger partial charge in [-0.2, -0.15) is 13.2 Å². The second-order valence-electron chi connectivity index (χ2n) is 3.76. The normalized spacial score (nSPS) is 11.6. The van der Waals surface area contributed by atoms with Crippen LogP contribution in [-0.4, -0.2) is 33.8 Å². The predicted molar refractivity (Wildman–Crippen MR) is 56.6 cm³/mol. The number of carboxylic acids is 1. The summed E-state index contributed by atoms with van der Waals surface area (Å²) in [7, 11) is 0. The van der Waals surface area contributed by atoms with Crippen molar-refractivity contribution >= 4 is 5.97 Å². The zero-order chi connectivity index (χ0) is 14.6. The largest absolute Gasteiger partial charge is 0.481 e. The van der Waals surface area contributed by atoms with Gasteiger partial charge in [-0.3, -0.25) is 9.59 Å². The topological polar surface area (TPSA) is 92.3 Å². The average molecular weight is 280 g/mol. The molecule has 0 saturated carbocycles. The van der Waals surface area contributed by atoms with Gasteiger partial charge in [0.1, 0.15) is 19.0 Å². The van der Waals surface area contributed by atoms with Gasteiger partial charge in [-0.1, -0.05) is 0 Å². The highest BCUT2D eigenvalue weighted by molar-refractivity contribution is 5.70. The van der Waals surface area contributed by atoms with Gasteiger partial charge >= 0.3 is 12.1 Å². The minimum absolute atomic E-state index is 0.0351. The summed E-state index contributed by atoms with van der Waals surface area (Å²) in [6, 6.07) is 0.